The molecule has 13 heteroatoms. The summed E-state index contributed by atoms with van der Waals surface area (Å²) in [6, 6.07) is 5.66. The molecule has 2 rings (SSSR count). The topological polar surface area (TPSA) is 173 Å². The Labute approximate surface area is 179 Å². The lowest BCUT2D eigenvalue weighted by atomic mass is 9.97. The van der Waals surface area contributed by atoms with Crippen LogP contribution >= 0.6 is 7.75 Å². The summed E-state index contributed by atoms with van der Waals surface area (Å²) in [5, 5.41) is 35.2. The third-order valence-corrected chi connectivity index (χ3v) is 6.02. The first-order valence-electron chi connectivity index (χ1n) is 9.38. The van der Waals surface area contributed by atoms with Gasteiger partial charge in [-0.15, -0.1) is 0 Å². The van der Waals surface area contributed by atoms with Crippen LogP contribution in [-0.2, 0) is 28.2 Å². The summed E-state index contributed by atoms with van der Waals surface area (Å²) in [6.45, 7) is 1.97. The Morgan fingerprint density at radius 3 is 2.42 bits per heavy atom. The van der Waals surface area contributed by atoms with Gasteiger partial charge in [-0.25, -0.2) is 4.57 Å². The summed E-state index contributed by atoms with van der Waals surface area (Å²) >= 11 is 0. The Bertz CT molecular complexity index is 795. The van der Waals surface area contributed by atoms with Crippen LogP contribution in [0.4, 0.5) is 0 Å². The van der Waals surface area contributed by atoms with Gasteiger partial charge in [-0.1, -0.05) is 18.2 Å². The van der Waals surface area contributed by atoms with Gasteiger partial charge in [0.05, 0.1) is 13.7 Å². The van der Waals surface area contributed by atoms with Crippen LogP contribution in [0.2, 0.25) is 0 Å². The first-order valence-corrected chi connectivity index (χ1v) is 10.9. The van der Waals surface area contributed by atoms with Crippen LogP contribution in [0, 0.1) is 0 Å². The minimum Gasteiger partial charge on any atom is -0.468 e. The van der Waals surface area contributed by atoms with Crippen molar-refractivity contribution in [2.45, 2.75) is 50.5 Å². The zero-order chi connectivity index (χ0) is 23.2. The molecule has 1 aromatic rings. The molecule has 0 saturated carbocycles. The largest absolute Gasteiger partial charge is 0.468 e. The van der Waals surface area contributed by atoms with Gasteiger partial charge < -0.3 is 34.6 Å². The average molecular weight is 462 g/mol. The van der Waals surface area contributed by atoms with E-state index in [1.165, 1.54) is 26.0 Å². The predicted octanol–water partition coefficient (Wildman–Crippen LogP) is -0.715. The number of para-hydroxylation sites is 1. The molecule has 1 aliphatic heterocycles. The van der Waals surface area contributed by atoms with Gasteiger partial charge in [-0.3, -0.25) is 14.1 Å². The van der Waals surface area contributed by atoms with Crippen molar-refractivity contribution in [2.75, 3.05) is 13.7 Å². The van der Waals surface area contributed by atoms with Crippen molar-refractivity contribution in [3.63, 3.8) is 0 Å². The Hall–Kier alpha value is -2.05. The SMILES string of the molecule is COC(=O)[C@H](C)NP(=O)(OC[C@H]1OC(O)[C@H](NC(C)=O)[C@@H](O)[C@@H]1O)Oc1ccccc1. The highest BCUT2D eigenvalue weighted by atomic mass is 31.2. The second kappa shape index (κ2) is 11.0. The van der Waals surface area contributed by atoms with E-state index >= 15 is 0 Å². The molecule has 0 spiro atoms. The van der Waals surface area contributed by atoms with E-state index in [9.17, 15) is 29.5 Å². The van der Waals surface area contributed by atoms with Crippen molar-refractivity contribution >= 4 is 19.6 Å². The molecule has 1 amide bonds. The Morgan fingerprint density at radius 1 is 1.19 bits per heavy atom. The third kappa shape index (κ3) is 6.97. The van der Waals surface area contributed by atoms with Gasteiger partial charge in [0.25, 0.3) is 0 Å². The van der Waals surface area contributed by atoms with Gasteiger partial charge in [0.1, 0.15) is 36.1 Å². The fourth-order valence-corrected chi connectivity index (χ4v) is 4.32. The van der Waals surface area contributed by atoms with Gasteiger partial charge in [-0.2, -0.15) is 5.09 Å². The smallest absolute Gasteiger partial charge is 0.459 e. The molecule has 0 bridgehead atoms. The van der Waals surface area contributed by atoms with Crippen LogP contribution in [0.1, 0.15) is 13.8 Å². The summed E-state index contributed by atoms with van der Waals surface area (Å²) in [4.78, 5) is 22.9. The number of aliphatic hydroxyl groups excluding tert-OH is 3. The molecule has 31 heavy (non-hydrogen) atoms. The fourth-order valence-electron chi connectivity index (χ4n) is 2.82. The van der Waals surface area contributed by atoms with Crippen LogP contribution in [0.5, 0.6) is 5.75 Å². The lowest BCUT2D eigenvalue weighted by molar-refractivity contribution is -0.252. The molecule has 1 saturated heterocycles. The summed E-state index contributed by atoms with van der Waals surface area (Å²) in [6.07, 6.45) is -6.16. The lowest BCUT2D eigenvalue weighted by Crippen LogP contribution is -2.64. The van der Waals surface area contributed by atoms with Gasteiger partial charge in [0.15, 0.2) is 6.29 Å². The van der Waals surface area contributed by atoms with Crippen molar-refractivity contribution in [1.82, 2.24) is 10.4 Å². The van der Waals surface area contributed by atoms with Crippen LogP contribution in [-0.4, -0.2) is 77.6 Å². The fraction of sp³-hybridized carbons (Fsp3) is 0.556. The number of ether oxygens (including phenoxy) is 2. The standard InChI is InChI=1S/C18H27N2O10P/c1-10(17(24)27-3)20-31(26,30-12-7-5-4-6-8-12)28-9-13-15(22)16(23)14(18(25)29-13)19-11(2)21/h4-8,10,13-16,18,22-23,25H,9H2,1-3H3,(H,19,21)(H,20,26)/t10-,13+,14+,15+,16+,18?,31?/m0/s1. The van der Waals surface area contributed by atoms with E-state index in [1.807, 2.05) is 0 Å². The minimum absolute atomic E-state index is 0.173. The maximum atomic E-state index is 13.3. The molecule has 1 aliphatic rings. The molecule has 7 atom stereocenters. The van der Waals surface area contributed by atoms with Gasteiger partial charge in [0.2, 0.25) is 5.91 Å². The van der Waals surface area contributed by atoms with Gasteiger partial charge in [0, 0.05) is 6.92 Å². The van der Waals surface area contributed by atoms with Crippen molar-refractivity contribution in [3.8, 4) is 5.75 Å². The molecule has 0 aromatic heterocycles. The highest BCUT2D eigenvalue weighted by Crippen LogP contribution is 2.45. The normalized spacial score (nSPS) is 28.8. The Balaban J connectivity index is 2.12. The molecule has 0 aliphatic carbocycles. The minimum atomic E-state index is -4.21. The first-order chi connectivity index (χ1) is 14.6. The third-order valence-electron chi connectivity index (χ3n) is 4.37. The van der Waals surface area contributed by atoms with Crippen LogP contribution in [0.3, 0.4) is 0 Å². The number of amides is 1. The van der Waals surface area contributed by atoms with E-state index in [2.05, 4.69) is 15.1 Å². The molecule has 1 aromatic carbocycles. The number of hydrogen-bond donors (Lipinski definition) is 5. The number of rotatable bonds is 9. The summed E-state index contributed by atoms with van der Waals surface area (Å²) in [5.41, 5.74) is 0. The Kier molecular flexibility index (Phi) is 8.95. The van der Waals surface area contributed by atoms with Crippen LogP contribution in [0.25, 0.3) is 0 Å². The molecule has 174 valence electrons. The monoisotopic (exact) mass is 462 g/mol. The van der Waals surface area contributed by atoms with Gasteiger partial charge in [-0.05, 0) is 19.1 Å². The number of carbonyl (C=O) groups is 2. The number of carbonyl (C=O) groups excluding carboxylic acids is 2. The van der Waals surface area contributed by atoms with E-state index in [0.717, 1.165) is 7.11 Å². The molecule has 0 radical (unpaired) electrons. The van der Waals surface area contributed by atoms with E-state index in [0.29, 0.717) is 0 Å². The summed E-state index contributed by atoms with van der Waals surface area (Å²) in [5.74, 6) is -1.10. The number of esters is 1. The van der Waals surface area contributed by atoms with Crippen molar-refractivity contribution < 1.29 is 48.0 Å². The van der Waals surface area contributed by atoms with Crippen LogP contribution in [0.15, 0.2) is 30.3 Å². The number of hydrogen-bond acceptors (Lipinski definition) is 10. The maximum absolute atomic E-state index is 13.3. The zero-order valence-electron chi connectivity index (χ0n) is 17.2. The van der Waals surface area contributed by atoms with Crippen molar-refractivity contribution in [2.24, 2.45) is 0 Å². The highest BCUT2D eigenvalue weighted by molar-refractivity contribution is 7.52. The van der Waals surface area contributed by atoms with Crippen molar-refractivity contribution in [3.05, 3.63) is 30.3 Å². The van der Waals surface area contributed by atoms with E-state index in [1.54, 1.807) is 18.2 Å². The average Bonchev–Trinajstić information content (AvgIpc) is 2.72. The van der Waals surface area contributed by atoms with Gasteiger partial charge >= 0.3 is 13.7 Å². The second-order valence-corrected chi connectivity index (χ2v) is 8.54. The summed E-state index contributed by atoms with van der Waals surface area (Å²) < 4.78 is 33.8. The number of benzene rings is 1. The van der Waals surface area contributed by atoms with E-state index < -0.39 is 62.9 Å². The Morgan fingerprint density at radius 2 is 1.84 bits per heavy atom. The van der Waals surface area contributed by atoms with Crippen molar-refractivity contribution in [1.29, 1.82) is 0 Å². The predicted molar refractivity (Wildman–Crippen MR) is 106 cm³/mol. The molecular weight excluding hydrogens is 435 g/mol. The number of methoxy groups -OCH3 is 1. The second-order valence-electron chi connectivity index (χ2n) is 6.84. The molecule has 1 heterocycles. The molecular formula is C18H27N2O10P. The highest BCUT2D eigenvalue weighted by Gasteiger charge is 2.45. The maximum Gasteiger partial charge on any atom is 0.459 e. The molecule has 2 unspecified atom stereocenters. The number of nitrogens with one attached hydrogen (secondary N) is 2. The quantitative estimate of drug-likeness (QED) is 0.232. The molecule has 1 fully saturated rings. The number of aliphatic hydroxyl groups is 3. The van der Waals surface area contributed by atoms with E-state index in [4.69, 9.17) is 13.8 Å². The lowest BCUT2D eigenvalue weighted by Gasteiger charge is -2.40. The van der Waals surface area contributed by atoms with E-state index in [-0.39, 0.29) is 5.75 Å². The molecule has 12 nitrogen and oxygen atoms in total. The first kappa shape index (κ1) is 25.2. The molecule has 5 N–H and O–H groups in total. The summed E-state index contributed by atoms with van der Waals surface area (Å²) in [7, 11) is -3.05. The van der Waals surface area contributed by atoms with Crippen LogP contribution < -0.4 is 14.9 Å². The zero-order valence-corrected chi connectivity index (χ0v) is 18.1.